The maximum absolute atomic E-state index is 9.06. The fraction of sp³-hybridized carbons (Fsp3) is 0.286. The third-order valence-corrected chi connectivity index (χ3v) is 3.38. The minimum absolute atomic E-state index is 0.715. The smallest absolute Gasteiger partial charge is 0.160 e. The fourth-order valence-electron chi connectivity index (χ4n) is 2.46. The van der Waals surface area contributed by atoms with Crippen molar-refractivity contribution in [2.45, 2.75) is 13.0 Å². The van der Waals surface area contributed by atoms with E-state index in [-0.39, 0.29) is 0 Å². The van der Waals surface area contributed by atoms with Gasteiger partial charge in [0.15, 0.2) is 5.82 Å². The van der Waals surface area contributed by atoms with Gasteiger partial charge < -0.3 is 10.1 Å². The van der Waals surface area contributed by atoms with Crippen LogP contribution in [0.4, 0.5) is 5.82 Å². The molecule has 98 valence electrons. The molecule has 0 saturated carbocycles. The lowest BCUT2D eigenvalue weighted by molar-refractivity contribution is 0.317. The van der Waals surface area contributed by atoms with Gasteiger partial charge in [-0.15, -0.1) is 0 Å². The zero-order chi connectivity index (χ0) is 13.2. The standard InChI is InChI=1S/C14H16N4O/c1-17-10-12-13(16-19)7-8-18(14(12)15-17)9-11-5-3-2-4-6-11/h2-6,10,19H,7-9H2,1H3/b16-13+. The molecular weight excluding hydrogens is 240 g/mol. The van der Waals surface area contributed by atoms with Crippen LogP contribution in [0.1, 0.15) is 17.5 Å². The summed E-state index contributed by atoms with van der Waals surface area (Å²) in [4.78, 5) is 2.22. The van der Waals surface area contributed by atoms with Gasteiger partial charge in [0.2, 0.25) is 0 Å². The highest BCUT2D eigenvalue weighted by atomic mass is 16.4. The first-order valence-corrected chi connectivity index (χ1v) is 6.32. The zero-order valence-electron chi connectivity index (χ0n) is 10.8. The molecular formula is C14H16N4O. The molecule has 1 aliphatic heterocycles. The van der Waals surface area contributed by atoms with Gasteiger partial charge in [0.25, 0.3) is 0 Å². The Morgan fingerprint density at radius 2 is 2.11 bits per heavy atom. The molecule has 0 amide bonds. The number of oxime groups is 1. The number of nitrogens with zero attached hydrogens (tertiary/aromatic N) is 4. The van der Waals surface area contributed by atoms with Gasteiger partial charge in [-0.25, -0.2) is 0 Å². The average Bonchev–Trinajstić information content (AvgIpc) is 2.82. The second-order valence-electron chi connectivity index (χ2n) is 4.74. The molecule has 1 aromatic heterocycles. The fourth-order valence-corrected chi connectivity index (χ4v) is 2.46. The number of hydrogen-bond donors (Lipinski definition) is 1. The summed E-state index contributed by atoms with van der Waals surface area (Å²) < 4.78 is 1.76. The van der Waals surface area contributed by atoms with Gasteiger partial charge in [0, 0.05) is 32.8 Å². The van der Waals surface area contributed by atoms with Gasteiger partial charge in [-0.2, -0.15) is 5.10 Å². The monoisotopic (exact) mass is 256 g/mol. The lowest BCUT2D eigenvalue weighted by Gasteiger charge is -2.27. The number of hydrogen-bond acceptors (Lipinski definition) is 4. The minimum atomic E-state index is 0.715. The number of rotatable bonds is 2. The Morgan fingerprint density at radius 1 is 1.32 bits per heavy atom. The van der Waals surface area contributed by atoms with Crippen molar-refractivity contribution in [3.8, 4) is 0 Å². The molecule has 0 saturated heterocycles. The second-order valence-corrected chi connectivity index (χ2v) is 4.74. The lowest BCUT2D eigenvalue weighted by Crippen LogP contribution is -2.31. The summed E-state index contributed by atoms with van der Waals surface area (Å²) in [6.45, 7) is 1.64. The van der Waals surface area contributed by atoms with Crippen molar-refractivity contribution in [1.29, 1.82) is 0 Å². The second kappa shape index (κ2) is 4.76. The van der Waals surface area contributed by atoms with Crippen molar-refractivity contribution in [3.05, 3.63) is 47.7 Å². The van der Waals surface area contributed by atoms with Crippen LogP contribution < -0.4 is 4.90 Å². The predicted octanol–water partition coefficient (Wildman–Crippen LogP) is 2.01. The van der Waals surface area contributed by atoms with Crippen molar-refractivity contribution in [1.82, 2.24) is 9.78 Å². The van der Waals surface area contributed by atoms with Gasteiger partial charge in [0.05, 0.1) is 11.3 Å². The van der Waals surface area contributed by atoms with E-state index in [9.17, 15) is 0 Å². The molecule has 0 aliphatic carbocycles. The van der Waals surface area contributed by atoms with Crippen molar-refractivity contribution in [2.24, 2.45) is 12.2 Å². The van der Waals surface area contributed by atoms with Crippen LogP contribution in [0.2, 0.25) is 0 Å². The molecule has 19 heavy (non-hydrogen) atoms. The van der Waals surface area contributed by atoms with E-state index in [0.717, 1.165) is 30.9 Å². The van der Waals surface area contributed by atoms with E-state index < -0.39 is 0 Å². The quantitative estimate of drug-likeness (QED) is 0.660. The maximum Gasteiger partial charge on any atom is 0.160 e. The van der Waals surface area contributed by atoms with Crippen molar-refractivity contribution < 1.29 is 5.21 Å². The zero-order valence-corrected chi connectivity index (χ0v) is 10.8. The SMILES string of the molecule is Cn1cc2c(n1)N(Cc1ccccc1)CC/C2=N\O. The summed E-state index contributed by atoms with van der Waals surface area (Å²) in [5.41, 5.74) is 2.89. The van der Waals surface area contributed by atoms with Crippen molar-refractivity contribution >= 4 is 11.5 Å². The Morgan fingerprint density at radius 3 is 2.84 bits per heavy atom. The summed E-state index contributed by atoms with van der Waals surface area (Å²) in [5.74, 6) is 0.894. The number of aryl methyl sites for hydroxylation is 1. The highest BCUT2D eigenvalue weighted by Gasteiger charge is 2.25. The molecule has 5 heteroatoms. The summed E-state index contributed by atoms with van der Waals surface area (Å²) in [6.07, 6.45) is 2.64. The molecule has 5 nitrogen and oxygen atoms in total. The van der Waals surface area contributed by atoms with Crippen molar-refractivity contribution in [2.75, 3.05) is 11.4 Å². The van der Waals surface area contributed by atoms with Gasteiger partial charge >= 0.3 is 0 Å². The van der Waals surface area contributed by atoms with E-state index in [2.05, 4.69) is 27.3 Å². The van der Waals surface area contributed by atoms with Crippen LogP contribution in [0.15, 0.2) is 41.7 Å². The Bertz CT molecular complexity index is 603. The molecule has 2 aromatic rings. The van der Waals surface area contributed by atoms with Crippen LogP contribution in [0, 0.1) is 0 Å². The van der Waals surface area contributed by atoms with E-state index in [0.29, 0.717) is 5.71 Å². The third kappa shape index (κ3) is 2.19. The Hall–Kier alpha value is -2.30. The van der Waals surface area contributed by atoms with Crippen molar-refractivity contribution in [3.63, 3.8) is 0 Å². The van der Waals surface area contributed by atoms with E-state index in [1.807, 2.05) is 31.4 Å². The van der Waals surface area contributed by atoms with E-state index in [1.54, 1.807) is 4.68 Å². The maximum atomic E-state index is 9.06. The Kier molecular flexibility index (Phi) is 2.95. The summed E-state index contributed by atoms with van der Waals surface area (Å²) in [6, 6.07) is 10.3. The van der Waals surface area contributed by atoms with Crippen LogP contribution in [-0.4, -0.2) is 27.2 Å². The Labute approximate surface area is 111 Å². The molecule has 1 N–H and O–H groups in total. The van der Waals surface area contributed by atoms with E-state index >= 15 is 0 Å². The van der Waals surface area contributed by atoms with Gasteiger partial charge in [-0.1, -0.05) is 35.5 Å². The normalized spacial score (nSPS) is 16.7. The van der Waals surface area contributed by atoms with E-state index in [1.165, 1.54) is 5.56 Å². The third-order valence-electron chi connectivity index (χ3n) is 3.38. The topological polar surface area (TPSA) is 53.7 Å². The summed E-state index contributed by atoms with van der Waals surface area (Å²) in [7, 11) is 1.88. The molecule has 1 aliphatic rings. The van der Waals surface area contributed by atoms with Crippen LogP contribution in [-0.2, 0) is 13.6 Å². The first kappa shape index (κ1) is 11.8. The first-order valence-electron chi connectivity index (χ1n) is 6.32. The molecule has 1 aromatic carbocycles. The average molecular weight is 256 g/mol. The number of fused-ring (bicyclic) bond motifs is 1. The van der Waals surface area contributed by atoms with Crippen LogP contribution in [0.3, 0.4) is 0 Å². The largest absolute Gasteiger partial charge is 0.411 e. The van der Waals surface area contributed by atoms with Crippen LogP contribution in [0.25, 0.3) is 0 Å². The molecule has 0 unspecified atom stereocenters. The number of aromatic nitrogens is 2. The highest BCUT2D eigenvalue weighted by Crippen LogP contribution is 2.26. The molecule has 3 rings (SSSR count). The summed E-state index contributed by atoms with van der Waals surface area (Å²) >= 11 is 0. The van der Waals surface area contributed by atoms with Crippen LogP contribution >= 0.6 is 0 Å². The van der Waals surface area contributed by atoms with Crippen LogP contribution in [0.5, 0.6) is 0 Å². The molecule has 0 atom stereocenters. The highest BCUT2D eigenvalue weighted by molar-refractivity contribution is 6.05. The minimum Gasteiger partial charge on any atom is -0.411 e. The Balaban J connectivity index is 1.92. The first-order chi connectivity index (χ1) is 9.28. The molecule has 0 fully saturated rings. The van der Waals surface area contributed by atoms with Gasteiger partial charge in [-0.05, 0) is 5.56 Å². The van der Waals surface area contributed by atoms with Gasteiger partial charge in [-0.3, -0.25) is 4.68 Å². The lowest BCUT2D eigenvalue weighted by atomic mass is 10.0. The number of anilines is 1. The molecule has 0 radical (unpaired) electrons. The molecule has 0 bridgehead atoms. The van der Waals surface area contributed by atoms with Gasteiger partial charge in [0.1, 0.15) is 0 Å². The molecule has 0 spiro atoms. The predicted molar refractivity (Wildman–Crippen MR) is 73.6 cm³/mol. The molecule has 2 heterocycles. The number of benzene rings is 1. The van der Waals surface area contributed by atoms with E-state index in [4.69, 9.17) is 5.21 Å². The summed E-state index contributed by atoms with van der Waals surface area (Å²) in [5, 5.41) is 16.9.